The standard InChI is InChI=1S/C15H28N2/c1-15(2)5-7-17(8-6-15)10-13-11-3-4-12(9-11)14(13)16/h11-14H,3-10,16H2,1-2H3. The molecule has 0 amide bonds. The average molecular weight is 236 g/mol. The van der Waals surface area contributed by atoms with Gasteiger partial charge in [-0.25, -0.2) is 0 Å². The van der Waals surface area contributed by atoms with Crippen LogP contribution in [0.5, 0.6) is 0 Å². The van der Waals surface area contributed by atoms with Gasteiger partial charge < -0.3 is 10.6 Å². The fraction of sp³-hybridized carbons (Fsp3) is 1.00. The Balaban J connectivity index is 1.54. The molecule has 4 atom stereocenters. The SMILES string of the molecule is CC1(C)CCN(CC2C3CCC(C3)C2N)CC1. The van der Waals surface area contributed by atoms with E-state index in [2.05, 4.69) is 18.7 Å². The lowest BCUT2D eigenvalue weighted by Gasteiger charge is -2.40. The van der Waals surface area contributed by atoms with Gasteiger partial charge in [0, 0.05) is 12.6 Å². The fourth-order valence-electron chi connectivity index (χ4n) is 4.36. The van der Waals surface area contributed by atoms with E-state index < -0.39 is 0 Å². The van der Waals surface area contributed by atoms with Gasteiger partial charge >= 0.3 is 0 Å². The van der Waals surface area contributed by atoms with Crippen LogP contribution < -0.4 is 5.73 Å². The van der Waals surface area contributed by atoms with E-state index in [0.717, 1.165) is 17.8 Å². The third-order valence-electron chi connectivity index (χ3n) is 5.84. The summed E-state index contributed by atoms with van der Waals surface area (Å²) in [6.07, 6.45) is 7.04. The molecule has 1 saturated heterocycles. The van der Waals surface area contributed by atoms with Crippen LogP contribution in [-0.4, -0.2) is 30.6 Å². The van der Waals surface area contributed by atoms with E-state index in [4.69, 9.17) is 5.73 Å². The van der Waals surface area contributed by atoms with Crippen LogP contribution in [0.25, 0.3) is 0 Å². The summed E-state index contributed by atoms with van der Waals surface area (Å²) in [7, 11) is 0. The Hall–Kier alpha value is -0.0800. The Bertz CT molecular complexity index is 275. The third kappa shape index (κ3) is 2.26. The monoisotopic (exact) mass is 236 g/mol. The van der Waals surface area contributed by atoms with Crippen molar-refractivity contribution in [3.63, 3.8) is 0 Å². The zero-order valence-electron chi connectivity index (χ0n) is 11.5. The van der Waals surface area contributed by atoms with E-state index in [1.165, 1.54) is 51.7 Å². The number of nitrogens with zero attached hydrogens (tertiary/aromatic N) is 1. The molecule has 0 aromatic heterocycles. The minimum Gasteiger partial charge on any atom is -0.327 e. The van der Waals surface area contributed by atoms with Gasteiger partial charge in [-0.3, -0.25) is 0 Å². The summed E-state index contributed by atoms with van der Waals surface area (Å²) in [6, 6.07) is 0.517. The molecule has 2 aliphatic carbocycles. The third-order valence-corrected chi connectivity index (χ3v) is 5.84. The van der Waals surface area contributed by atoms with E-state index in [0.29, 0.717) is 11.5 Å². The van der Waals surface area contributed by atoms with Crippen molar-refractivity contribution < 1.29 is 0 Å². The van der Waals surface area contributed by atoms with Crippen molar-refractivity contribution >= 4 is 0 Å². The Morgan fingerprint density at radius 2 is 1.76 bits per heavy atom. The zero-order chi connectivity index (χ0) is 12.0. The van der Waals surface area contributed by atoms with Gasteiger partial charge in [0.2, 0.25) is 0 Å². The highest BCUT2D eigenvalue weighted by molar-refractivity contribution is 5.00. The number of nitrogens with two attached hydrogens (primary N) is 1. The average Bonchev–Trinajstić information content (AvgIpc) is 2.85. The van der Waals surface area contributed by atoms with Gasteiger partial charge in [0.15, 0.2) is 0 Å². The first-order valence-corrected chi connectivity index (χ1v) is 7.53. The van der Waals surface area contributed by atoms with E-state index in [-0.39, 0.29) is 0 Å². The highest BCUT2D eigenvalue weighted by atomic mass is 15.1. The molecule has 1 aliphatic heterocycles. The van der Waals surface area contributed by atoms with Crippen molar-refractivity contribution in [2.75, 3.05) is 19.6 Å². The Morgan fingerprint density at radius 3 is 2.35 bits per heavy atom. The molecule has 4 unspecified atom stereocenters. The van der Waals surface area contributed by atoms with Crippen molar-refractivity contribution in [1.29, 1.82) is 0 Å². The summed E-state index contributed by atoms with van der Waals surface area (Å²) >= 11 is 0. The Morgan fingerprint density at radius 1 is 1.12 bits per heavy atom. The number of hydrogen-bond acceptors (Lipinski definition) is 2. The van der Waals surface area contributed by atoms with Crippen LogP contribution in [0.1, 0.15) is 46.0 Å². The maximum atomic E-state index is 6.41. The van der Waals surface area contributed by atoms with Crippen molar-refractivity contribution in [1.82, 2.24) is 4.90 Å². The van der Waals surface area contributed by atoms with Gasteiger partial charge in [-0.05, 0) is 68.4 Å². The summed E-state index contributed by atoms with van der Waals surface area (Å²) < 4.78 is 0. The van der Waals surface area contributed by atoms with E-state index in [1.54, 1.807) is 0 Å². The van der Waals surface area contributed by atoms with Crippen LogP contribution in [0.3, 0.4) is 0 Å². The summed E-state index contributed by atoms with van der Waals surface area (Å²) in [5, 5.41) is 0. The van der Waals surface area contributed by atoms with Crippen molar-refractivity contribution in [3.05, 3.63) is 0 Å². The van der Waals surface area contributed by atoms with Crippen LogP contribution in [0, 0.1) is 23.2 Å². The topological polar surface area (TPSA) is 29.3 Å². The largest absolute Gasteiger partial charge is 0.327 e. The molecule has 17 heavy (non-hydrogen) atoms. The number of fused-ring (bicyclic) bond motifs is 2. The van der Waals surface area contributed by atoms with Gasteiger partial charge in [-0.2, -0.15) is 0 Å². The molecule has 2 heteroatoms. The first-order chi connectivity index (χ1) is 8.05. The Kier molecular flexibility index (Phi) is 2.99. The van der Waals surface area contributed by atoms with Gasteiger partial charge in [-0.15, -0.1) is 0 Å². The fourth-order valence-corrected chi connectivity index (χ4v) is 4.36. The lowest BCUT2D eigenvalue weighted by atomic mass is 9.81. The van der Waals surface area contributed by atoms with Crippen molar-refractivity contribution in [2.24, 2.45) is 28.9 Å². The normalized spacial score (nSPS) is 45.4. The lowest BCUT2D eigenvalue weighted by Crippen LogP contribution is -2.46. The van der Waals surface area contributed by atoms with Crippen molar-refractivity contribution in [3.8, 4) is 0 Å². The second-order valence-corrected chi connectivity index (χ2v) is 7.54. The molecule has 0 radical (unpaired) electrons. The van der Waals surface area contributed by atoms with Gasteiger partial charge in [0.25, 0.3) is 0 Å². The quantitative estimate of drug-likeness (QED) is 0.798. The maximum Gasteiger partial charge on any atom is 0.0111 e. The maximum absolute atomic E-state index is 6.41. The van der Waals surface area contributed by atoms with E-state index in [9.17, 15) is 0 Å². The second-order valence-electron chi connectivity index (χ2n) is 7.54. The summed E-state index contributed by atoms with van der Waals surface area (Å²) in [5.74, 6) is 2.64. The van der Waals surface area contributed by atoms with Crippen LogP contribution in [0.15, 0.2) is 0 Å². The highest BCUT2D eigenvalue weighted by Gasteiger charge is 2.46. The van der Waals surface area contributed by atoms with Gasteiger partial charge in [-0.1, -0.05) is 13.8 Å². The second kappa shape index (κ2) is 4.24. The number of rotatable bonds is 2. The molecule has 1 heterocycles. The van der Waals surface area contributed by atoms with Crippen molar-refractivity contribution in [2.45, 2.75) is 52.0 Å². The first-order valence-electron chi connectivity index (χ1n) is 7.53. The van der Waals surface area contributed by atoms with Crippen LogP contribution >= 0.6 is 0 Å². The van der Waals surface area contributed by atoms with E-state index >= 15 is 0 Å². The molecule has 98 valence electrons. The predicted octanol–water partition coefficient (Wildman–Crippen LogP) is 2.48. The molecule has 2 N–H and O–H groups in total. The smallest absolute Gasteiger partial charge is 0.0111 e. The molecular weight excluding hydrogens is 208 g/mol. The van der Waals surface area contributed by atoms with E-state index in [1.807, 2.05) is 0 Å². The molecule has 3 fully saturated rings. The number of piperidine rings is 1. The molecular formula is C15H28N2. The predicted molar refractivity (Wildman–Crippen MR) is 71.8 cm³/mol. The Labute approximate surface area is 106 Å². The minimum atomic E-state index is 0.517. The molecule has 2 nitrogen and oxygen atoms in total. The number of hydrogen-bond donors (Lipinski definition) is 1. The minimum absolute atomic E-state index is 0.517. The first kappa shape index (κ1) is 12.0. The van der Waals surface area contributed by atoms with Gasteiger partial charge in [0.1, 0.15) is 0 Å². The molecule has 3 aliphatic rings. The van der Waals surface area contributed by atoms with Crippen LogP contribution in [-0.2, 0) is 0 Å². The molecule has 0 aromatic rings. The summed E-state index contributed by atoms with van der Waals surface area (Å²) in [6.45, 7) is 8.71. The summed E-state index contributed by atoms with van der Waals surface area (Å²) in [4.78, 5) is 2.69. The molecule has 0 spiro atoms. The molecule has 2 bridgehead atoms. The number of likely N-dealkylation sites (tertiary alicyclic amines) is 1. The molecule has 2 saturated carbocycles. The zero-order valence-corrected chi connectivity index (χ0v) is 11.5. The van der Waals surface area contributed by atoms with Crippen LogP contribution in [0.2, 0.25) is 0 Å². The summed E-state index contributed by atoms with van der Waals surface area (Å²) in [5.41, 5.74) is 6.98. The molecule has 3 rings (SSSR count). The van der Waals surface area contributed by atoms with Crippen LogP contribution in [0.4, 0.5) is 0 Å². The lowest BCUT2D eigenvalue weighted by molar-refractivity contribution is 0.0987. The molecule has 0 aromatic carbocycles. The van der Waals surface area contributed by atoms with Gasteiger partial charge in [0.05, 0.1) is 0 Å². The highest BCUT2D eigenvalue weighted by Crippen LogP contribution is 2.48.